The maximum absolute atomic E-state index is 4.50. The van der Waals surface area contributed by atoms with E-state index in [0.717, 1.165) is 21.4 Å². The van der Waals surface area contributed by atoms with E-state index in [4.69, 9.17) is 0 Å². The van der Waals surface area contributed by atoms with E-state index < -0.39 is 0 Å². The second-order valence-corrected chi connectivity index (χ2v) is 4.95. The lowest BCUT2D eigenvalue weighted by molar-refractivity contribution is 1.15. The average Bonchev–Trinajstić information content (AvgIpc) is 2.75. The molecule has 3 aromatic rings. The van der Waals surface area contributed by atoms with E-state index in [2.05, 4.69) is 50.4 Å². The highest BCUT2D eigenvalue weighted by Crippen LogP contribution is 2.22. The molecule has 0 saturated heterocycles. The highest BCUT2D eigenvalue weighted by Gasteiger charge is 2.06. The number of hydrogen-bond acceptors (Lipinski definition) is 1. The number of benzene rings is 1. The Morgan fingerprint density at radius 3 is 2.65 bits per heavy atom. The van der Waals surface area contributed by atoms with Crippen LogP contribution >= 0.6 is 15.9 Å². The molecule has 2 nitrogen and oxygen atoms in total. The molecule has 3 heteroatoms. The van der Waals surface area contributed by atoms with Crippen LogP contribution in [0, 0.1) is 6.92 Å². The van der Waals surface area contributed by atoms with Gasteiger partial charge in [-0.2, -0.15) is 0 Å². The number of halogens is 1. The number of rotatable bonds is 1. The van der Waals surface area contributed by atoms with Crippen LogP contribution in [0.5, 0.6) is 0 Å². The normalized spacial score (nSPS) is 10.9. The van der Waals surface area contributed by atoms with Crippen molar-refractivity contribution in [2.24, 2.45) is 0 Å². The number of imidazole rings is 1. The fraction of sp³-hybridized carbons (Fsp3) is 0.0714. The van der Waals surface area contributed by atoms with Gasteiger partial charge in [-0.05, 0) is 30.7 Å². The molecule has 0 N–H and O–H groups in total. The van der Waals surface area contributed by atoms with Gasteiger partial charge in [0.1, 0.15) is 5.82 Å². The van der Waals surface area contributed by atoms with E-state index >= 15 is 0 Å². The molecule has 0 bridgehead atoms. The van der Waals surface area contributed by atoms with Crippen molar-refractivity contribution >= 4 is 21.4 Å². The Morgan fingerprint density at radius 1 is 1.12 bits per heavy atom. The van der Waals surface area contributed by atoms with Crippen molar-refractivity contribution in [2.45, 2.75) is 6.92 Å². The van der Waals surface area contributed by atoms with Crippen LogP contribution in [0.2, 0.25) is 0 Å². The van der Waals surface area contributed by atoms with E-state index in [1.807, 2.05) is 30.6 Å². The smallest absolute Gasteiger partial charge is 0.144 e. The van der Waals surface area contributed by atoms with Gasteiger partial charge >= 0.3 is 0 Å². The third-order valence-electron chi connectivity index (χ3n) is 2.88. The van der Waals surface area contributed by atoms with Gasteiger partial charge in [0.15, 0.2) is 0 Å². The molecule has 0 radical (unpaired) electrons. The van der Waals surface area contributed by atoms with Gasteiger partial charge in [-0.1, -0.05) is 34.1 Å². The highest BCUT2D eigenvalue weighted by atomic mass is 79.9. The predicted octanol–water partition coefficient (Wildman–Crippen LogP) is 4.07. The van der Waals surface area contributed by atoms with Crippen LogP contribution < -0.4 is 0 Å². The number of nitrogens with zero attached hydrogens (tertiary/aromatic N) is 2. The molecule has 0 amide bonds. The second kappa shape index (κ2) is 4.00. The van der Waals surface area contributed by atoms with Crippen LogP contribution in [0.3, 0.4) is 0 Å². The van der Waals surface area contributed by atoms with Gasteiger partial charge in [0.25, 0.3) is 0 Å². The third kappa shape index (κ3) is 1.76. The zero-order chi connectivity index (χ0) is 11.8. The first-order chi connectivity index (χ1) is 8.25. The summed E-state index contributed by atoms with van der Waals surface area (Å²) in [7, 11) is 0. The summed E-state index contributed by atoms with van der Waals surface area (Å²) < 4.78 is 3.21. The standard InChI is InChI=1S/C14H11BrN2/c1-10-3-2-8-17-13(10)9-16-14(17)11-4-6-12(15)7-5-11/h2-9H,1H3. The minimum absolute atomic E-state index is 0.983. The van der Waals surface area contributed by atoms with E-state index in [1.54, 1.807) is 0 Å². The van der Waals surface area contributed by atoms with Crippen molar-refractivity contribution in [3.05, 3.63) is 58.8 Å². The minimum atomic E-state index is 0.983. The third-order valence-corrected chi connectivity index (χ3v) is 3.41. The summed E-state index contributed by atoms with van der Waals surface area (Å²) in [6.07, 6.45) is 3.97. The Labute approximate surface area is 108 Å². The summed E-state index contributed by atoms with van der Waals surface area (Å²) >= 11 is 3.44. The summed E-state index contributed by atoms with van der Waals surface area (Å²) in [6.45, 7) is 2.10. The van der Waals surface area contributed by atoms with Gasteiger partial charge in [-0.15, -0.1) is 0 Å². The molecule has 3 rings (SSSR count). The molecule has 2 heterocycles. The van der Waals surface area contributed by atoms with Crippen molar-refractivity contribution in [1.82, 2.24) is 9.38 Å². The van der Waals surface area contributed by atoms with E-state index in [9.17, 15) is 0 Å². The quantitative estimate of drug-likeness (QED) is 0.659. The number of aromatic nitrogens is 2. The Bertz CT molecular complexity index is 668. The average molecular weight is 287 g/mol. The van der Waals surface area contributed by atoms with Crippen LogP contribution in [0.15, 0.2) is 53.3 Å². The Morgan fingerprint density at radius 2 is 1.88 bits per heavy atom. The first-order valence-corrected chi connectivity index (χ1v) is 6.23. The van der Waals surface area contributed by atoms with Crippen molar-refractivity contribution in [2.75, 3.05) is 0 Å². The molecule has 0 atom stereocenters. The molecule has 0 unspecified atom stereocenters. The van der Waals surface area contributed by atoms with Gasteiger partial charge in [-0.3, -0.25) is 4.40 Å². The minimum Gasteiger partial charge on any atom is -0.300 e. The van der Waals surface area contributed by atoms with E-state index in [1.165, 1.54) is 5.56 Å². The number of fused-ring (bicyclic) bond motifs is 1. The van der Waals surface area contributed by atoms with Gasteiger partial charge in [0.05, 0.1) is 11.7 Å². The lowest BCUT2D eigenvalue weighted by atomic mass is 10.2. The molecule has 0 aliphatic carbocycles. The lowest BCUT2D eigenvalue weighted by Gasteiger charge is -2.02. The van der Waals surface area contributed by atoms with E-state index in [-0.39, 0.29) is 0 Å². The second-order valence-electron chi connectivity index (χ2n) is 4.04. The lowest BCUT2D eigenvalue weighted by Crippen LogP contribution is -1.89. The van der Waals surface area contributed by atoms with Crippen LogP contribution in [-0.4, -0.2) is 9.38 Å². The molecule has 0 spiro atoms. The molecule has 2 aromatic heterocycles. The Kier molecular flexibility index (Phi) is 2.48. The van der Waals surface area contributed by atoms with Gasteiger partial charge < -0.3 is 0 Å². The first kappa shape index (κ1) is 10.5. The summed E-state index contributed by atoms with van der Waals surface area (Å²) in [5.74, 6) is 0.983. The van der Waals surface area contributed by atoms with Crippen LogP contribution in [-0.2, 0) is 0 Å². The molecular formula is C14H11BrN2. The van der Waals surface area contributed by atoms with Crippen LogP contribution in [0.1, 0.15) is 5.56 Å². The van der Waals surface area contributed by atoms with Crippen molar-refractivity contribution in [3.8, 4) is 11.4 Å². The number of hydrogen-bond donors (Lipinski definition) is 0. The van der Waals surface area contributed by atoms with Crippen molar-refractivity contribution < 1.29 is 0 Å². The van der Waals surface area contributed by atoms with Crippen LogP contribution in [0.25, 0.3) is 16.9 Å². The van der Waals surface area contributed by atoms with Gasteiger partial charge in [-0.25, -0.2) is 4.98 Å². The maximum Gasteiger partial charge on any atom is 0.144 e. The molecule has 1 aromatic carbocycles. The molecule has 0 fully saturated rings. The fourth-order valence-corrected chi connectivity index (χ4v) is 2.24. The topological polar surface area (TPSA) is 17.3 Å². The number of pyridine rings is 1. The Balaban J connectivity index is 2.24. The SMILES string of the molecule is Cc1cccn2c(-c3ccc(Br)cc3)ncc12. The molecular weight excluding hydrogens is 276 g/mol. The monoisotopic (exact) mass is 286 g/mol. The fourth-order valence-electron chi connectivity index (χ4n) is 1.97. The molecule has 84 valence electrons. The zero-order valence-electron chi connectivity index (χ0n) is 9.39. The van der Waals surface area contributed by atoms with Crippen molar-refractivity contribution in [1.29, 1.82) is 0 Å². The van der Waals surface area contributed by atoms with E-state index in [0.29, 0.717) is 0 Å². The molecule has 0 aliphatic heterocycles. The zero-order valence-corrected chi connectivity index (χ0v) is 11.0. The summed E-state index contributed by atoms with van der Waals surface area (Å²) in [5.41, 5.74) is 3.52. The summed E-state index contributed by atoms with van der Waals surface area (Å²) in [6, 6.07) is 12.4. The van der Waals surface area contributed by atoms with Gasteiger partial charge in [0, 0.05) is 16.2 Å². The summed E-state index contributed by atoms with van der Waals surface area (Å²) in [4.78, 5) is 4.50. The maximum atomic E-state index is 4.50. The molecule has 0 aliphatic rings. The first-order valence-electron chi connectivity index (χ1n) is 5.44. The molecule has 0 saturated carbocycles. The molecule has 17 heavy (non-hydrogen) atoms. The largest absolute Gasteiger partial charge is 0.300 e. The number of aryl methyl sites for hydroxylation is 1. The summed E-state index contributed by atoms with van der Waals surface area (Å²) in [5, 5.41) is 0. The van der Waals surface area contributed by atoms with Crippen LogP contribution in [0.4, 0.5) is 0 Å². The highest BCUT2D eigenvalue weighted by molar-refractivity contribution is 9.10. The van der Waals surface area contributed by atoms with Gasteiger partial charge in [0.2, 0.25) is 0 Å². The predicted molar refractivity (Wildman–Crippen MR) is 73.1 cm³/mol. The Hall–Kier alpha value is -1.61. The van der Waals surface area contributed by atoms with Crippen molar-refractivity contribution in [3.63, 3.8) is 0 Å².